The second kappa shape index (κ2) is 8.05. The monoisotopic (exact) mass is 515 g/mol. The standard InChI is InChI=1S/C37H25NS/c1-3-11-32-29(9-1)31-22-27(24-8-5-7-23(19-24)25-15-16-26-21-28(26)20-25)17-18-33(31)38(32)34-12-6-14-36-37(34)30-10-2-4-13-35(30)39-36/h1-20,22,26,28H,21H2. The SMILES string of the molecule is C1=CC2CC2C=C1c1cccc(-c2ccc3c(c2)c2ccccc2n3-c2cccc3sc4ccccc4c23)c1. The van der Waals surface area contributed by atoms with E-state index in [-0.39, 0.29) is 0 Å². The van der Waals surface area contributed by atoms with Crippen LogP contribution in [0.15, 0.2) is 127 Å². The van der Waals surface area contributed by atoms with E-state index in [0.29, 0.717) is 0 Å². The molecule has 2 atom stereocenters. The summed E-state index contributed by atoms with van der Waals surface area (Å²) in [5, 5.41) is 5.25. The van der Waals surface area contributed by atoms with Crippen LogP contribution in [0.3, 0.4) is 0 Å². The van der Waals surface area contributed by atoms with Gasteiger partial charge in [-0.1, -0.05) is 85.0 Å². The zero-order valence-electron chi connectivity index (χ0n) is 21.3. The van der Waals surface area contributed by atoms with Crippen LogP contribution in [0.1, 0.15) is 12.0 Å². The Morgan fingerprint density at radius 3 is 2.31 bits per heavy atom. The molecule has 39 heavy (non-hydrogen) atoms. The number of benzene rings is 5. The maximum Gasteiger partial charge on any atom is 0.0555 e. The number of fused-ring (bicyclic) bond motifs is 7. The van der Waals surface area contributed by atoms with Crippen LogP contribution >= 0.6 is 11.3 Å². The summed E-state index contributed by atoms with van der Waals surface area (Å²) in [5.41, 5.74) is 8.95. The summed E-state index contributed by atoms with van der Waals surface area (Å²) in [5.74, 6) is 1.54. The van der Waals surface area contributed by atoms with Crippen molar-refractivity contribution in [3.05, 3.63) is 133 Å². The van der Waals surface area contributed by atoms with E-state index in [1.807, 2.05) is 11.3 Å². The average molecular weight is 516 g/mol. The van der Waals surface area contributed by atoms with Gasteiger partial charge in [0.1, 0.15) is 0 Å². The smallest absolute Gasteiger partial charge is 0.0555 e. The van der Waals surface area contributed by atoms with E-state index >= 15 is 0 Å². The van der Waals surface area contributed by atoms with Crippen molar-refractivity contribution in [2.45, 2.75) is 6.42 Å². The molecule has 1 nitrogen and oxygen atoms in total. The van der Waals surface area contributed by atoms with Crippen molar-refractivity contribution in [1.82, 2.24) is 4.57 Å². The van der Waals surface area contributed by atoms with Crippen molar-refractivity contribution in [3.8, 4) is 16.8 Å². The van der Waals surface area contributed by atoms with Gasteiger partial charge in [0.05, 0.1) is 16.7 Å². The number of thiophene rings is 1. The number of hydrogen-bond acceptors (Lipinski definition) is 1. The molecule has 0 amide bonds. The van der Waals surface area contributed by atoms with Gasteiger partial charge in [-0.3, -0.25) is 0 Å². The van der Waals surface area contributed by atoms with Gasteiger partial charge in [0.25, 0.3) is 0 Å². The molecule has 2 aliphatic carbocycles. The molecule has 0 radical (unpaired) electrons. The van der Waals surface area contributed by atoms with Gasteiger partial charge < -0.3 is 4.57 Å². The van der Waals surface area contributed by atoms with Gasteiger partial charge in [-0.05, 0) is 83.0 Å². The molecule has 2 heteroatoms. The fourth-order valence-electron chi connectivity index (χ4n) is 6.59. The summed E-state index contributed by atoms with van der Waals surface area (Å²) in [4.78, 5) is 0. The number of hydrogen-bond donors (Lipinski definition) is 0. The van der Waals surface area contributed by atoms with Crippen LogP contribution in [0.2, 0.25) is 0 Å². The highest BCUT2D eigenvalue weighted by Gasteiger charge is 2.35. The number of aromatic nitrogens is 1. The Balaban J connectivity index is 1.26. The third-order valence-corrected chi connectivity index (χ3v) is 9.77. The molecule has 0 bridgehead atoms. The quantitative estimate of drug-likeness (QED) is 0.221. The van der Waals surface area contributed by atoms with Gasteiger partial charge in [0.2, 0.25) is 0 Å². The summed E-state index contributed by atoms with van der Waals surface area (Å²) in [6, 6.07) is 40.4. The van der Waals surface area contributed by atoms with E-state index in [2.05, 4.69) is 132 Å². The van der Waals surface area contributed by atoms with E-state index in [1.165, 1.54) is 76.3 Å². The van der Waals surface area contributed by atoms with Crippen molar-refractivity contribution >= 4 is 58.9 Å². The molecule has 7 aromatic rings. The lowest BCUT2D eigenvalue weighted by Crippen LogP contribution is -1.94. The Morgan fingerprint density at radius 1 is 0.590 bits per heavy atom. The van der Waals surface area contributed by atoms with Crippen LogP contribution in [-0.4, -0.2) is 4.57 Å². The Bertz CT molecular complexity index is 2170. The molecule has 2 heterocycles. The molecule has 0 N–H and O–H groups in total. The molecule has 2 unspecified atom stereocenters. The van der Waals surface area contributed by atoms with Crippen molar-refractivity contribution < 1.29 is 0 Å². The molecule has 5 aromatic carbocycles. The maximum atomic E-state index is 2.47. The Labute approximate surface area is 230 Å². The first-order valence-corrected chi connectivity index (χ1v) is 14.6. The third-order valence-electron chi connectivity index (χ3n) is 8.63. The normalized spacial score (nSPS) is 18.2. The Morgan fingerprint density at radius 2 is 1.36 bits per heavy atom. The van der Waals surface area contributed by atoms with Gasteiger partial charge >= 0.3 is 0 Å². The highest BCUT2D eigenvalue weighted by molar-refractivity contribution is 7.25. The predicted molar refractivity (Wildman–Crippen MR) is 168 cm³/mol. The molecule has 0 saturated heterocycles. The van der Waals surface area contributed by atoms with Crippen LogP contribution in [0.25, 0.3) is 64.4 Å². The van der Waals surface area contributed by atoms with Crippen molar-refractivity contribution in [2.75, 3.05) is 0 Å². The van der Waals surface area contributed by atoms with Gasteiger partial charge in [-0.15, -0.1) is 11.3 Å². The Hall–Kier alpha value is -4.40. The van der Waals surface area contributed by atoms with Gasteiger partial charge in [-0.25, -0.2) is 0 Å². The Kier molecular flexibility index (Phi) is 4.44. The fourth-order valence-corrected chi connectivity index (χ4v) is 7.71. The fraction of sp³-hybridized carbons (Fsp3) is 0.0811. The van der Waals surface area contributed by atoms with Gasteiger partial charge in [0.15, 0.2) is 0 Å². The molecular formula is C37H25NS. The molecule has 0 aliphatic heterocycles. The predicted octanol–water partition coefficient (Wildman–Crippen LogP) is 10.4. The van der Waals surface area contributed by atoms with E-state index < -0.39 is 0 Å². The van der Waals surface area contributed by atoms with Gasteiger partial charge in [0, 0.05) is 30.9 Å². The highest BCUT2D eigenvalue weighted by Crippen LogP contribution is 2.46. The van der Waals surface area contributed by atoms with E-state index in [1.54, 1.807) is 0 Å². The van der Waals surface area contributed by atoms with Crippen molar-refractivity contribution in [2.24, 2.45) is 11.8 Å². The molecule has 184 valence electrons. The molecule has 0 spiro atoms. The third kappa shape index (κ3) is 3.25. The molecule has 2 aliphatic rings. The van der Waals surface area contributed by atoms with E-state index in [4.69, 9.17) is 0 Å². The summed E-state index contributed by atoms with van der Waals surface area (Å²) in [6.07, 6.45) is 8.49. The van der Waals surface area contributed by atoms with Crippen molar-refractivity contribution in [1.29, 1.82) is 0 Å². The van der Waals surface area contributed by atoms with Crippen LogP contribution in [0.4, 0.5) is 0 Å². The lowest BCUT2D eigenvalue weighted by atomic mass is 9.95. The topological polar surface area (TPSA) is 4.93 Å². The van der Waals surface area contributed by atoms with Crippen molar-refractivity contribution in [3.63, 3.8) is 0 Å². The number of rotatable bonds is 3. The average Bonchev–Trinajstić information content (AvgIpc) is 3.56. The molecule has 1 saturated carbocycles. The largest absolute Gasteiger partial charge is 0.309 e. The minimum atomic E-state index is 0.751. The molecular weight excluding hydrogens is 490 g/mol. The summed E-state index contributed by atoms with van der Waals surface area (Å²) in [7, 11) is 0. The summed E-state index contributed by atoms with van der Waals surface area (Å²) >= 11 is 1.88. The lowest BCUT2D eigenvalue weighted by Gasteiger charge is -2.11. The maximum absolute atomic E-state index is 2.47. The molecule has 1 fully saturated rings. The highest BCUT2D eigenvalue weighted by atomic mass is 32.1. The second-order valence-corrected chi connectivity index (χ2v) is 12.0. The van der Waals surface area contributed by atoms with Crippen LogP contribution in [0, 0.1) is 11.8 Å². The molecule has 2 aromatic heterocycles. The number of para-hydroxylation sites is 1. The van der Waals surface area contributed by atoms with Crippen LogP contribution in [-0.2, 0) is 0 Å². The number of nitrogens with zero attached hydrogens (tertiary/aromatic N) is 1. The summed E-state index contributed by atoms with van der Waals surface area (Å²) in [6.45, 7) is 0. The van der Waals surface area contributed by atoms with E-state index in [9.17, 15) is 0 Å². The second-order valence-electron chi connectivity index (χ2n) is 11.0. The zero-order chi connectivity index (χ0) is 25.5. The zero-order valence-corrected chi connectivity index (χ0v) is 22.2. The molecule has 9 rings (SSSR count). The van der Waals surface area contributed by atoms with Crippen LogP contribution < -0.4 is 0 Å². The van der Waals surface area contributed by atoms with Crippen LogP contribution in [0.5, 0.6) is 0 Å². The van der Waals surface area contributed by atoms with E-state index in [0.717, 1.165) is 11.8 Å². The first-order chi connectivity index (χ1) is 19.3. The lowest BCUT2D eigenvalue weighted by molar-refractivity contribution is 0.985. The van der Waals surface area contributed by atoms with Gasteiger partial charge in [-0.2, -0.15) is 0 Å². The minimum absolute atomic E-state index is 0.751. The first-order valence-electron chi connectivity index (χ1n) is 13.8. The summed E-state index contributed by atoms with van der Waals surface area (Å²) < 4.78 is 5.13. The minimum Gasteiger partial charge on any atom is -0.309 e. The first kappa shape index (κ1) is 21.5. The number of allylic oxidation sites excluding steroid dienone is 4.